The molecule has 9 nitrogen and oxygen atoms in total. The zero-order chi connectivity index (χ0) is 28.8. The summed E-state index contributed by atoms with van der Waals surface area (Å²) < 4.78 is 35.3. The molecule has 0 spiro atoms. The van der Waals surface area contributed by atoms with Gasteiger partial charge in [-0.05, 0) is 25.3 Å². The van der Waals surface area contributed by atoms with Crippen LogP contribution in [0.15, 0.2) is 30.6 Å². The van der Waals surface area contributed by atoms with Gasteiger partial charge in [0.15, 0.2) is 0 Å². The molecule has 1 amide bonds. The van der Waals surface area contributed by atoms with Crippen LogP contribution in [0, 0.1) is 24.0 Å². The normalized spacial score (nSPS) is 20.2. The van der Waals surface area contributed by atoms with Gasteiger partial charge in [-0.25, -0.2) is 18.6 Å². The molecular formula is C29H36F2N6O3. The van der Waals surface area contributed by atoms with Crippen LogP contribution in [0.5, 0.6) is 0 Å². The summed E-state index contributed by atoms with van der Waals surface area (Å²) in [6.45, 7) is 13.3. The predicted molar refractivity (Wildman–Crippen MR) is 152 cm³/mol. The van der Waals surface area contributed by atoms with Crippen LogP contribution in [0.2, 0.25) is 0 Å². The van der Waals surface area contributed by atoms with E-state index < -0.39 is 17.7 Å². The number of nitrogens with zero attached hydrogens (tertiary/aromatic N) is 5. The van der Waals surface area contributed by atoms with Gasteiger partial charge in [-0.2, -0.15) is 0 Å². The first-order chi connectivity index (χ1) is 18.9. The number of nitrogens with one attached hydrogen (secondary N) is 1. The number of rotatable bonds is 4. The molecule has 2 fully saturated rings. The number of carbonyl (C=O) groups is 1. The first kappa shape index (κ1) is 27.8. The second-order valence-corrected chi connectivity index (χ2v) is 11.7. The number of ether oxygens (including phenoxy) is 1. The molecule has 3 aromatic rings. The number of morpholine rings is 1. The Balaban J connectivity index is 1.63. The minimum atomic E-state index is -0.969. The predicted octanol–water partition coefficient (Wildman–Crippen LogP) is 5.40. The number of pyridine rings is 2. The maximum atomic E-state index is 15.4. The van der Waals surface area contributed by atoms with Crippen LogP contribution in [-0.4, -0.2) is 77.5 Å². The summed E-state index contributed by atoms with van der Waals surface area (Å²) in [7, 11) is 0. The Morgan fingerprint density at radius 2 is 1.85 bits per heavy atom. The highest BCUT2D eigenvalue weighted by Crippen LogP contribution is 2.40. The summed E-state index contributed by atoms with van der Waals surface area (Å²) in [5.41, 5.74) is 2.60. The largest absolute Gasteiger partial charge is 0.465 e. The van der Waals surface area contributed by atoms with E-state index in [0.717, 1.165) is 24.8 Å². The van der Waals surface area contributed by atoms with E-state index in [1.807, 2.05) is 19.9 Å². The monoisotopic (exact) mass is 554 g/mol. The summed E-state index contributed by atoms with van der Waals surface area (Å²) in [5, 5.41) is 13.4. The molecule has 2 N–H and O–H groups in total. The number of anilines is 4. The lowest BCUT2D eigenvalue weighted by molar-refractivity contribution is 0.0942. The van der Waals surface area contributed by atoms with Crippen LogP contribution in [-0.2, 0) is 4.74 Å². The number of aromatic nitrogens is 2. The number of hydrogen-bond acceptors (Lipinski definition) is 7. The van der Waals surface area contributed by atoms with Crippen LogP contribution < -0.4 is 15.1 Å². The van der Waals surface area contributed by atoms with Gasteiger partial charge < -0.3 is 29.9 Å². The zero-order valence-corrected chi connectivity index (χ0v) is 23.5. The van der Waals surface area contributed by atoms with E-state index in [4.69, 9.17) is 9.72 Å². The van der Waals surface area contributed by atoms with Crippen molar-refractivity contribution in [2.24, 2.45) is 5.41 Å². The van der Waals surface area contributed by atoms with Crippen molar-refractivity contribution in [1.82, 2.24) is 14.9 Å². The highest BCUT2D eigenvalue weighted by atomic mass is 19.1. The number of carboxylic acid groups (broad SMARTS) is 1. The average Bonchev–Trinajstić information content (AvgIpc) is 2.89. The Bertz CT molecular complexity index is 1420. The lowest BCUT2D eigenvalue weighted by Crippen LogP contribution is -2.62. The van der Waals surface area contributed by atoms with Gasteiger partial charge in [-0.15, -0.1) is 0 Å². The molecule has 2 aromatic heterocycles. The fourth-order valence-electron chi connectivity index (χ4n) is 5.68. The molecule has 1 aromatic carbocycles. The van der Waals surface area contributed by atoms with Crippen molar-refractivity contribution >= 4 is 39.9 Å². The molecule has 0 aliphatic carbocycles. The number of piperazine rings is 1. The number of halogens is 2. The van der Waals surface area contributed by atoms with Crippen molar-refractivity contribution in [3.8, 4) is 0 Å². The first-order valence-electron chi connectivity index (χ1n) is 13.5. The van der Waals surface area contributed by atoms with E-state index in [2.05, 4.69) is 40.9 Å². The van der Waals surface area contributed by atoms with Crippen molar-refractivity contribution in [2.75, 3.05) is 54.5 Å². The van der Waals surface area contributed by atoms with Crippen molar-refractivity contribution in [1.29, 1.82) is 0 Å². The zero-order valence-electron chi connectivity index (χ0n) is 23.5. The Labute approximate surface area is 232 Å². The lowest BCUT2D eigenvalue weighted by atomic mass is 9.83. The van der Waals surface area contributed by atoms with Crippen molar-refractivity contribution < 1.29 is 23.4 Å². The number of amides is 1. The minimum Gasteiger partial charge on any atom is -0.465 e. The van der Waals surface area contributed by atoms with Crippen LogP contribution >= 0.6 is 0 Å². The second kappa shape index (κ2) is 10.7. The van der Waals surface area contributed by atoms with E-state index >= 15 is 4.39 Å². The SMILES string of the molecule is Cc1c(N2CC(C)N(C(=O)O)CC2C(C)(C)C)nc2cc(F)cc(F)c2c1Nc1cncc(N2CCOCC2)c1. The highest BCUT2D eigenvalue weighted by molar-refractivity contribution is 5.98. The van der Waals surface area contributed by atoms with Gasteiger partial charge in [0.25, 0.3) is 0 Å². The molecule has 2 saturated heterocycles. The van der Waals surface area contributed by atoms with Crippen molar-refractivity contribution in [3.05, 3.63) is 47.8 Å². The standard InChI is InChI=1S/C29H36F2N6O3/c1-17-15-37(24(29(3,4)5)16-36(17)28(38)39)27-18(2)26(25-22(31)10-19(30)11-23(25)34-27)33-20-12-21(14-32-13-20)35-6-8-40-9-7-35/h10-14,17,24H,6-9,15-16H2,1-5H3,(H,33,34)(H,38,39). The van der Waals surface area contributed by atoms with Crippen LogP contribution in [0.25, 0.3) is 10.9 Å². The Morgan fingerprint density at radius 1 is 1.12 bits per heavy atom. The molecule has 2 aliphatic heterocycles. The summed E-state index contributed by atoms with van der Waals surface area (Å²) >= 11 is 0. The molecule has 4 heterocycles. The Hall–Kier alpha value is -3.73. The molecular weight excluding hydrogens is 518 g/mol. The smallest absolute Gasteiger partial charge is 0.407 e. The molecule has 2 unspecified atom stereocenters. The minimum absolute atomic E-state index is 0.180. The Kier molecular flexibility index (Phi) is 7.43. The van der Waals surface area contributed by atoms with Gasteiger partial charge in [0.2, 0.25) is 0 Å². The van der Waals surface area contributed by atoms with Gasteiger partial charge in [0.05, 0.1) is 59.6 Å². The molecule has 0 radical (unpaired) electrons. The fraction of sp³-hybridized carbons (Fsp3) is 0.483. The Morgan fingerprint density at radius 3 is 2.52 bits per heavy atom. The van der Waals surface area contributed by atoms with E-state index in [0.29, 0.717) is 42.5 Å². The molecule has 0 saturated carbocycles. The third-order valence-corrected chi connectivity index (χ3v) is 7.85. The molecule has 0 bridgehead atoms. The van der Waals surface area contributed by atoms with Crippen molar-refractivity contribution in [3.63, 3.8) is 0 Å². The highest BCUT2D eigenvalue weighted by Gasteiger charge is 2.41. The van der Waals surface area contributed by atoms with Gasteiger partial charge >= 0.3 is 6.09 Å². The second-order valence-electron chi connectivity index (χ2n) is 11.7. The van der Waals surface area contributed by atoms with E-state index in [-0.39, 0.29) is 34.9 Å². The summed E-state index contributed by atoms with van der Waals surface area (Å²) in [5.74, 6) is -0.867. The van der Waals surface area contributed by atoms with Gasteiger partial charge in [0.1, 0.15) is 17.5 Å². The topological polar surface area (TPSA) is 94.1 Å². The number of fused-ring (bicyclic) bond motifs is 1. The van der Waals surface area contributed by atoms with Crippen LogP contribution in [0.3, 0.4) is 0 Å². The molecule has 11 heteroatoms. The molecule has 2 aliphatic rings. The van der Waals surface area contributed by atoms with Crippen molar-refractivity contribution in [2.45, 2.75) is 46.7 Å². The lowest BCUT2D eigenvalue weighted by Gasteiger charge is -2.50. The third kappa shape index (κ3) is 5.34. The summed E-state index contributed by atoms with van der Waals surface area (Å²) in [6.07, 6.45) is 2.48. The van der Waals surface area contributed by atoms with Crippen LogP contribution in [0.1, 0.15) is 33.3 Å². The first-order valence-corrected chi connectivity index (χ1v) is 13.5. The third-order valence-electron chi connectivity index (χ3n) is 7.85. The summed E-state index contributed by atoms with van der Waals surface area (Å²) in [4.78, 5) is 26.9. The molecule has 40 heavy (non-hydrogen) atoms. The quantitative estimate of drug-likeness (QED) is 0.443. The maximum Gasteiger partial charge on any atom is 0.407 e. The van der Waals surface area contributed by atoms with Gasteiger partial charge in [-0.1, -0.05) is 20.8 Å². The van der Waals surface area contributed by atoms with Crippen LogP contribution in [0.4, 0.5) is 36.5 Å². The number of benzene rings is 1. The fourth-order valence-corrected chi connectivity index (χ4v) is 5.68. The molecule has 2 atom stereocenters. The average molecular weight is 555 g/mol. The summed E-state index contributed by atoms with van der Waals surface area (Å²) in [6, 6.07) is 3.53. The van der Waals surface area contributed by atoms with E-state index in [9.17, 15) is 14.3 Å². The van der Waals surface area contributed by atoms with Gasteiger partial charge in [-0.3, -0.25) is 4.98 Å². The molecule has 214 valence electrons. The van der Waals surface area contributed by atoms with Gasteiger partial charge in [0, 0.05) is 49.9 Å². The number of hydrogen-bond donors (Lipinski definition) is 2. The van der Waals surface area contributed by atoms with E-state index in [1.165, 1.54) is 11.0 Å². The van der Waals surface area contributed by atoms with E-state index in [1.54, 1.807) is 12.4 Å². The molecule has 5 rings (SSSR count). The maximum absolute atomic E-state index is 15.4.